The molecule has 0 aliphatic carbocycles. The molecule has 2 N–H and O–H groups in total. The van der Waals surface area contributed by atoms with Gasteiger partial charge in [-0.1, -0.05) is 42.0 Å². The lowest BCUT2D eigenvalue weighted by Crippen LogP contribution is -2.12. The number of rotatable bonds is 5. The van der Waals surface area contributed by atoms with E-state index >= 15 is 0 Å². The number of hydrogen-bond acceptors (Lipinski definition) is 4. The van der Waals surface area contributed by atoms with Gasteiger partial charge in [0, 0.05) is 23.8 Å². The molecular formula is C20H18N4OS. The molecule has 4 rings (SSSR count). The Hall–Kier alpha value is -2.99. The van der Waals surface area contributed by atoms with E-state index in [0.29, 0.717) is 18.0 Å². The number of nitrogens with one attached hydrogen (secondary N) is 2. The van der Waals surface area contributed by atoms with E-state index in [-0.39, 0.29) is 5.91 Å². The molecule has 2 aromatic carbocycles. The first-order valence-corrected chi connectivity index (χ1v) is 9.31. The van der Waals surface area contributed by atoms with Crippen molar-refractivity contribution >= 4 is 33.4 Å². The number of amides is 1. The molecule has 6 heteroatoms. The van der Waals surface area contributed by atoms with Crippen LogP contribution >= 0.6 is 11.3 Å². The summed E-state index contributed by atoms with van der Waals surface area (Å²) in [6, 6.07) is 16.0. The van der Waals surface area contributed by atoms with Gasteiger partial charge in [-0.15, -0.1) is 11.3 Å². The van der Waals surface area contributed by atoms with Gasteiger partial charge in [-0.3, -0.25) is 4.79 Å². The minimum absolute atomic E-state index is 0.0599. The van der Waals surface area contributed by atoms with Gasteiger partial charge in [-0.2, -0.15) is 0 Å². The Labute approximate surface area is 155 Å². The van der Waals surface area contributed by atoms with Gasteiger partial charge in [0.2, 0.25) is 5.91 Å². The first-order valence-electron chi connectivity index (χ1n) is 8.43. The highest BCUT2D eigenvalue weighted by Gasteiger charge is 2.10. The molecule has 1 amide bonds. The summed E-state index contributed by atoms with van der Waals surface area (Å²) >= 11 is 1.44. The topological polar surface area (TPSA) is 70.7 Å². The molecule has 0 spiro atoms. The lowest BCUT2D eigenvalue weighted by Gasteiger charge is -2.00. The molecule has 2 heterocycles. The molecule has 0 aliphatic rings. The van der Waals surface area contributed by atoms with E-state index in [0.717, 1.165) is 28.1 Å². The van der Waals surface area contributed by atoms with Crippen LogP contribution < -0.4 is 5.32 Å². The highest BCUT2D eigenvalue weighted by atomic mass is 32.1. The maximum absolute atomic E-state index is 12.2. The van der Waals surface area contributed by atoms with Crippen LogP contribution in [0.5, 0.6) is 0 Å². The number of aromatic nitrogens is 3. The lowest BCUT2D eigenvalue weighted by molar-refractivity contribution is -0.116. The Morgan fingerprint density at radius 3 is 2.73 bits per heavy atom. The molecule has 26 heavy (non-hydrogen) atoms. The van der Waals surface area contributed by atoms with Gasteiger partial charge in [0.15, 0.2) is 5.13 Å². The normalized spacial score (nSPS) is 11.0. The number of imidazole rings is 1. The third-order valence-electron chi connectivity index (χ3n) is 4.13. The van der Waals surface area contributed by atoms with Crippen molar-refractivity contribution in [3.8, 4) is 11.3 Å². The third-order valence-corrected chi connectivity index (χ3v) is 4.88. The number of H-pyrrole nitrogens is 1. The number of fused-ring (bicyclic) bond motifs is 1. The first kappa shape index (κ1) is 16.5. The van der Waals surface area contributed by atoms with Gasteiger partial charge >= 0.3 is 0 Å². The standard InChI is InChI=1S/C20H18N4OS/c1-13-6-8-14(9-7-13)17-12-26-20(23-17)24-19(25)11-10-18-21-15-4-2-3-5-16(15)22-18/h2-9,12H,10-11H2,1H3,(H,21,22)(H,23,24,25). The molecule has 0 bridgehead atoms. The van der Waals surface area contributed by atoms with Gasteiger partial charge in [-0.25, -0.2) is 9.97 Å². The van der Waals surface area contributed by atoms with Crippen LogP contribution in [0.4, 0.5) is 5.13 Å². The van der Waals surface area contributed by atoms with Crippen LogP contribution in [0.15, 0.2) is 53.9 Å². The van der Waals surface area contributed by atoms with E-state index in [1.165, 1.54) is 16.9 Å². The molecule has 130 valence electrons. The Morgan fingerprint density at radius 2 is 1.92 bits per heavy atom. The maximum Gasteiger partial charge on any atom is 0.226 e. The molecule has 4 aromatic rings. The van der Waals surface area contributed by atoms with E-state index in [2.05, 4.69) is 39.3 Å². The van der Waals surface area contributed by atoms with E-state index < -0.39 is 0 Å². The predicted molar refractivity (Wildman–Crippen MR) is 105 cm³/mol. The summed E-state index contributed by atoms with van der Waals surface area (Å²) in [7, 11) is 0. The fraction of sp³-hybridized carbons (Fsp3) is 0.150. The van der Waals surface area contributed by atoms with Crippen LogP contribution in [0.25, 0.3) is 22.3 Å². The number of anilines is 1. The smallest absolute Gasteiger partial charge is 0.226 e. The quantitative estimate of drug-likeness (QED) is 0.546. The lowest BCUT2D eigenvalue weighted by atomic mass is 10.1. The molecule has 0 aliphatic heterocycles. The Morgan fingerprint density at radius 1 is 1.12 bits per heavy atom. The number of hydrogen-bond donors (Lipinski definition) is 2. The number of thiazole rings is 1. The van der Waals surface area contributed by atoms with Crippen LogP contribution in [0.3, 0.4) is 0 Å². The minimum atomic E-state index is -0.0599. The van der Waals surface area contributed by atoms with E-state index in [1.807, 2.05) is 41.8 Å². The molecule has 0 atom stereocenters. The second-order valence-electron chi connectivity index (χ2n) is 6.15. The van der Waals surface area contributed by atoms with Crippen LogP contribution in [0.1, 0.15) is 17.8 Å². The van der Waals surface area contributed by atoms with Crippen LogP contribution in [0, 0.1) is 6.92 Å². The summed E-state index contributed by atoms with van der Waals surface area (Å²) in [5, 5.41) is 5.45. The summed E-state index contributed by atoms with van der Waals surface area (Å²) in [4.78, 5) is 24.4. The predicted octanol–water partition coefficient (Wildman–Crippen LogP) is 4.57. The Bertz CT molecular complexity index is 1020. The monoisotopic (exact) mass is 362 g/mol. The minimum Gasteiger partial charge on any atom is -0.342 e. The number of nitrogens with zero attached hydrogens (tertiary/aromatic N) is 2. The Balaban J connectivity index is 1.36. The highest BCUT2D eigenvalue weighted by molar-refractivity contribution is 7.14. The summed E-state index contributed by atoms with van der Waals surface area (Å²) in [6.07, 6.45) is 0.927. The molecule has 0 unspecified atom stereocenters. The van der Waals surface area contributed by atoms with Crippen LogP contribution in [-0.2, 0) is 11.2 Å². The van der Waals surface area contributed by atoms with Crippen molar-refractivity contribution in [1.29, 1.82) is 0 Å². The fourth-order valence-electron chi connectivity index (χ4n) is 2.73. The number of para-hydroxylation sites is 2. The van der Waals surface area contributed by atoms with Crippen molar-refractivity contribution < 1.29 is 4.79 Å². The number of carbonyl (C=O) groups is 1. The molecule has 2 aromatic heterocycles. The zero-order valence-electron chi connectivity index (χ0n) is 14.3. The zero-order chi connectivity index (χ0) is 17.9. The van der Waals surface area contributed by atoms with E-state index in [9.17, 15) is 4.79 Å². The molecule has 0 fully saturated rings. The van der Waals surface area contributed by atoms with Crippen molar-refractivity contribution in [2.75, 3.05) is 5.32 Å². The van der Waals surface area contributed by atoms with Crippen molar-refractivity contribution in [3.05, 3.63) is 65.3 Å². The van der Waals surface area contributed by atoms with Crippen molar-refractivity contribution in [2.45, 2.75) is 19.8 Å². The van der Waals surface area contributed by atoms with E-state index in [1.54, 1.807) is 0 Å². The third kappa shape index (κ3) is 3.65. The number of aryl methyl sites for hydroxylation is 2. The fourth-order valence-corrected chi connectivity index (χ4v) is 3.46. The molecule has 5 nitrogen and oxygen atoms in total. The van der Waals surface area contributed by atoms with E-state index in [4.69, 9.17) is 0 Å². The van der Waals surface area contributed by atoms with Crippen molar-refractivity contribution in [3.63, 3.8) is 0 Å². The zero-order valence-corrected chi connectivity index (χ0v) is 15.1. The summed E-state index contributed by atoms with van der Waals surface area (Å²) in [5.41, 5.74) is 5.05. The molecule has 0 radical (unpaired) electrons. The average molecular weight is 362 g/mol. The number of benzene rings is 2. The maximum atomic E-state index is 12.2. The van der Waals surface area contributed by atoms with Gasteiger partial charge in [0.25, 0.3) is 0 Å². The SMILES string of the molecule is Cc1ccc(-c2csc(NC(=O)CCc3nc4ccccc4[nH]3)n2)cc1. The number of carbonyl (C=O) groups excluding carboxylic acids is 1. The largest absolute Gasteiger partial charge is 0.342 e. The van der Waals surface area contributed by atoms with Gasteiger partial charge in [0.1, 0.15) is 5.82 Å². The summed E-state index contributed by atoms with van der Waals surface area (Å²) in [6.45, 7) is 2.05. The van der Waals surface area contributed by atoms with Crippen LogP contribution in [0.2, 0.25) is 0 Å². The summed E-state index contributed by atoms with van der Waals surface area (Å²) in [5.74, 6) is 0.760. The molecule has 0 saturated carbocycles. The summed E-state index contributed by atoms with van der Waals surface area (Å²) < 4.78 is 0. The highest BCUT2D eigenvalue weighted by Crippen LogP contribution is 2.25. The van der Waals surface area contributed by atoms with Gasteiger partial charge in [0.05, 0.1) is 16.7 Å². The van der Waals surface area contributed by atoms with Crippen LogP contribution in [-0.4, -0.2) is 20.9 Å². The number of aromatic amines is 1. The second-order valence-corrected chi connectivity index (χ2v) is 7.01. The molecular weight excluding hydrogens is 344 g/mol. The van der Waals surface area contributed by atoms with Crippen molar-refractivity contribution in [1.82, 2.24) is 15.0 Å². The van der Waals surface area contributed by atoms with Gasteiger partial charge < -0.3 is 10.3 Å². The van der Waals surface area contributed by atoms with Gasteiger partial charge in [-0.05, 0) is 19.1 Å². The first-order chi connectivity index (χ1) is 12.7. The van der Waals surface area contributed by atoms with Crippen molar-refractivity contribution in [2.24, 2.45) is 0 Å². The molecule has 0 saturated heterocycles. The second kappa shape index (κ2) is 7.09. The average Bonchev–Trinajstić information content (AvgIpc) is 3.27. The Kier molecular flexibility index (Phi) is 4.50.